The normalized spacial score (nSPS) is 16.1. The van der Waals surface area contributed by atoms with Crippen molar-refractivity contribution < 1.29 is 28.3 Å². The quantitative estimate of drug-likeness (QED) is 0.392. The zero-order valence-corrected chi connectivity index (χ0v) is 23.6. The molecule has 1 aromatic heterocycles. The second-order valence-corrected chi connectivity index (χ2v) is 10.9. The van der Waals surface area contributed by atoms with Crippen molar-refractivity contribution in [3.05, 3.63) is 53.1 Å². The van der Waals surface area contributed by atoms with E-state index < -0.39 is 23.0 Å². The van der Waals surface area contributed by atoms with E-state index in [4.69, 9.17) is 35.1 Å². The lowest BCUT2D eigenvalue weighted by Crippen LogP contribution is -2.60. The van der Waals surface area contributed by atoms with Crippen LogP contribution in [0, 0.1) is 11.8 Å². The van der Waals surface area contributed by atoms with Crippen molar-refractivity contribution in [1.29, 1.82) is 0 Å². The summed E-state index contributed by atoms with van der Waals surface area (Å²) < 4.78 is 28.0. The number of halogens is 1. The molecule has 0 radical (unpaired) electrons. The van der Waals surface area contributed by atoms with E-state index in [1.807, 2.05) is 51.1 Å². The summed E-state index contributed by atoms with van der Waals surface area (Å²) in [4.78, 5) is 17.0. The third kappa shape index (κ3) is 7.51. The van der Waals surface area contributed by atoms with Crippen molar-refractivity contribution >= 4 is 17.7 Å². The lowest BCUT2D eigenvalue weighted by Gasteiger charge is -2.41. The summed E-state index contributed by atoms with van der Waals surface area (Å²) in [5, 5.41) is 7.39. The van der Waals surface area contributed by atoms with Gasteiger partial charge in [-0.25, -0.2) is 4.79 Å². The maximum absolute atomic E-state index is 12.5. The number of amides is 1. The number of benzene rings is 2. The van der Waals surface area contributed by atoms with Crippen molar-refractivity contribution in [3.63, 3.8) is 0 Å². The molecule has 0 spiro atoms. The van der Waals surface area contributed by atoms with Gasteiger partial charge in [-0.05, 0) is 84.0 Å². The Balaban J connectivity index is 1.51. The Morgan fingerprint density at radius 2 is 1.77 bits per heavy atom. The molecule has 1 aliphatic heterocycles. The molecule has 0 atom stereocenters. The number of nitrogens with one attached hydrogen (secondary N) is 1. The summed E-state index contributed by atoms with van der Waals surface area (Å²) in [7, 11) is 0. The zero-order chi connectivity index (χ0) is 28.3. The summed E-state index contributed by atoms with van der Waals surface area (Å²) in [6.07, 6.45) is -0.596. The Kier molecular flexibility index (Phi) is 8.21. The minimum Gasteiger partial charge on any atom is -0.492 e. The number of carbonyl (C=O) groups is 1. The lowest BCUT2D eigenvalue weighted by atomic mass is 10.00. The Hall–Kier alpha value is -3.58. The van der Waals surface area contributed by atoms with Gasteiger partial charge in [0.05, 0.1) is 24.8 Å². The molecule has 0 aliphatic carbocycles. The number of carbonyl (C=O) groups excluding carboxylic acids is 1. The first-order valence-corrected chi connectivity index (χ1v) is 12.9. The molecule has 0 bridgehead atoms. The summed E-state index contributed by atoms with van der Waals surface area (Å²) in [5.74, 6) is 6.82. The minimum atomic E-state index is -1.07. The van der Waals surface area contributed by atoms with Crippen LogP contribution in [-0.2, 0) is 14.2 Å². The summed E-state index contributed by atoms with van der Waals surface area (Å²) in [5.41, 5.74) is 0.431. The summed E-state index contributed by atoms with van der Waals surface area (Å²) >= 11 is 6.29. The average molecular weight is 554 g/mol. The third-order valence-electron chi connectivity index (χ3n) is 5.57. The van der Waals surface area contributed by atoms with Crippen molar-refractivity contribution in [3.8, 4) is 40.4 Å². The van der Waals surface area contributed by atoms with Gasteiger partial charge in [-0.2, -0.15) is 4.98 Å². The van der Waals surface area contributed by atoms with Crippen LogP contribution in [0.2, 0.25) is 5.02 Å². The fraction of sp³-hybridized carbons (Fsp3) is 0.414. The molecule has 9 nitrogen and oxygen atoms in total. The van der Waals surface area contributed by atoms with Gasteiger partial charge in [0.25, 0.3) is 5.89 Å². The smallest absolute Gasteiger partial charge is 0.409 e. The molecule has 1 amide bonds. The van der Waals surface area contributed by atoms with Crippen LogP contribution < -0.4 is 10.1 Å². The zero-order valence-electron chi connectivity index (χ0n) is 22.9. The maximum Gasteiger partial charge on any atom is 0.409 e. The molecule has 1 N–H and O–H groups in total. The Morgan fingerprint density at radius 3 is 2.38 bits per heavy atom. The van der Waals surface area contributed by atoms with Gasteiger partial charge in [0, 0.05) is 16.7 Å². The van der Waals surface area contributed by atoms with Crippen LogP contribution in [0.5, 0.6) is 5.75 Å². The highest BCUT2D eigenvalue weighted by molar-refractivity contribution is 6.32. The van der Waals surface area contributed by atoms with Gasteiger partial charge in [-0.1, -0.05) is 28.6 Å². The summed E-state index contributed by atoms with van der Waals surface area (Å²) in [6.45, 7) is 11.7. The standard InChI is InChI=1S/C29H32ClN3O6/c1-7-35-23-13-12-21(16-22(23)30)25-31-24(33-39-25)20-10-8-19(9-11-20)14-15-29(17-36-28(5,6)37-18-29)32-26(34)38-27(2,3)4/h8-13,16H,7,17-18H2,1-6H3,(H,32,34). The molecule has 10 heteroatoms. The number of hydrogen-bond donors (Lipinski definition) is 1. The van der Waals surface area contributed by atoms with E-state index in [0.29, 0.717) is 34.7 Å². The first-order valence-electron chi connectivity index (χ1n) is 12.6. The Morgan fingerprint density at radius 1 is 1.10 bits per heavy atom. The van der Waals surface area contributed by atoms with Gasteiger partial charge in [0.15, 0.2) is 11.3 Å². The summed E-state index contributed by atoms with van der Waals surface area (Å²) in [6, 6.07) is 12.7. The highest BCUT2D eigenvalue weighted by Crippen LogP contribution is 2.31. The molecule has 0 unspecified atom stereocenters. The van der Waals surface area contributed by atoms with Crippen LogP contribution in [0.1, 0.15) is 47.1 Å². The van der Waals surface area contributed by atoms with E-state index >= 15 is 0 Å². The second kappa shape index (κ2) is 11.3. The number of nitrogens with zero attached hydrogens (tertiary/aromatic N) is 2. The van der Waals surface area contributed by atoms with E-state index in [1.165, 1.54) is 0 Å². The molecule has 3 aromatic rings. The predicted octanol–water partition coefficient (Wildman–Crippen LogP) is 5.85. The molecule has 2 aromatic carbocycles. The van der Waals surface area contributed by atoms with E-state index in [9.17, 15) is 4.79 Å². The van der Waals surface area contributed by atoms with Crippen LogP contribution in [0.3, 0.4) is 0 Å². The van der Waals surface area contributed by atoms with Crippen LogP contribution >= 0.6 is 11.6 Å². The molecular formula is C29H32ClN3O6. The predicted molar refractivity (Wildman–Crippen MR) is 146 cm³/mol. The number of alkyl carbamates (subject to hydrolysis) is 1. The van der Waals surface area contributed by atoms with Crippen LogP contribution in [0.25, 0.3) is 22.8 Å². The number of aromatic nitrogens is 2. The number of ether oxygens (including phenoxy) is 4. The van der Waals surface area contributed by atoms with Gasteiger partial charge in [-0.15, -0.1) is 0 Å². The molecule has 1 fully saturated rings. The van der Waals surface area contributed by atoms with Crippen molar-refractivity contribution in [2.45, 2.75) is 58.5 Å². The highest BCUT2D eigenvalue weighted by Gasteiger charge is 2.41. The molecule has 1 aliphatic rings. The largest absolute Gasteiger partial charge is 0.492 e. The van der Waals surface area contributed by atoms with Gasteiger partial charge < -0.3 is 28.8 Å². The van der Waals surface area contributed by atoms with Crippen LogP contribution in [0.15, 0.2) is 47.0 Å². The van der Waals surface area contributed by atoms with Gasteiger partial charge in [0.2, 0.25) is 5.82 Å². The topological polar surface area (TPSA) is 105 Å². The minimum absolute atomic E-state index is 0.144. The molecule has 39 heavy (non-hydrogen) atoms. The molecule has 1 saturated heterocycles. The molecule has 0 saturated carbocycles. The number of rotatable bonds is 5. The first-order chi connectivity index (χ1) is 18.4. The fourth-order valence-electron chi connectivity index (χ4n) is 3.61. The SMILES string of the molecule is CCOc1ccc(-c2nc(-c3ccc(C#CC4(NC(=O)OC(C)(C)C)COC(C)(C)OC4)cc3)no2)cc1Cl. The Bertz CT molecular complexity index is 1370. The highest BCUT2D eigenvalue weighted by atomic mass is 35.5. The molecule has 206 valence electrons. The van der Waals surface area contributed by atoms with Crippen molar-refractivity contribution in [2.24, 2.45) is 0 Å². The van der Waals surface area contributed by atoms with E-state index in [1.54, 1.807) is 32.9 Å². The van der Waals surface area contributed by atoms with Crippen molar-refractivity contribution in [2.75, 3.05) is 19.8 Å². The Labute approximate surface area is 233 Å². The molecular weight excluding hydrogens is 522 g/mol. The van der Waals surface area contributed by atoms with E-state index in [2.05, 4.69) is 27.3 Å². The van der Waals surface area contributed by atoms with Crippen molar-refractivity contribution in [1.82, 2.24) is 15.5 Å². The van der Waals surface area contributed by atoms with Crippen LogP contribution in [-0.4, -0.2) is 53.0 Å². The molecule has 4 rings (SSSR count). The van der Waals surface area contributed by atoms with Gasteiger partial charge >= 0.3 is 6.09 Å². The van der Waals surface area contributed by atoms with Crippen LogP contribution in [0.4, 0.5) is 4.79 Å². The monoisotopic (exact) mass is 553 g/mol. The third-order valence-corrected chi connectivity index (χ3v) is 5.86. The first kappa shape index (κ1) is 28.4. The van der Waals surface area contributed by atoms with Gasteiger partial charge in [0.1, 0.15) is 11.4 Å². The van der Waals surface area contributed by atoms with Gasteiger partial charge in [-0.3, -0.25) is 0 Å². The molecule has 2 heterocycles. The van der Waals surface area contributed by atoms with E-state index in [0.717, 1.165) is 11.1 Å². The average Bonchev–Trinajstić information content (AvgIpc) is 3.36. The fourth-order valence-corrected chi connectivity index (χ4v) is 3.85. The van der Waals surface area contributed by atoms with E-state index in [-0.39, 0.29) is 13.2 Å². The second-order valence-electron chi connectivity index (χ2n) is 10.5. The maximum atomic E-state index is 12.5. The number of hydrogen-bond acceptors (Lipinski definition) is 8. The lowest BCUT2D eigenvalue weighted by molar-refractivity contribution is -0.262.